The van der Waals surface area contributed by atoms with Gasteiger partial charge in [-0.15, -0.1) is 20.2 Å². The highest BCUT2D eigenvalue weighted by Gasteiger charge is 2.61. The van der Waals surface area contributed by atoms with E-state index in [9.17, 15) is 20.2 Å². The monoisotopic (exact) mass is 369 g/mol. The fourth-order valence-corrected chi connectivity index (χ4v) is 6.22. The molecule has 146 valence electrons. The van der Waals surface area contributed by atoms with Gasteiger partial charge in [0.05, 0.1) is 0 Å². The molecule has 0 radical (unpaired) electrons. The highest BCUT2D eigenvalue weighted by Crippen LogP contribution is 2.71. The largest absolute Gasteiger partial charge is 0.330 e. The summed E-state index contributed by atoms with van der Waals surface area (Å²) in [5.74, 6) is 0.570. The quantitative estimate of drug-likeness (QED) is 0.375. The number of allylic oxidation sites excluding steroid dienone is 2. The summed E-state index contributed by atoms with van der Waals surface area (Å²) in [6.07, 6.45) is 6.68. The average molecular weight is 369 g/mol. The molecule has 2 fully saturated rings. The third kappa shape index (κ3) is 3.49. The van der Waals surface area contributed by atoms with Crippen molar-refractivity contribution < 1.29 is 19.8 Å². The summed E-state index contributed by atoms with van der Waals surface area (Å²) in [7, 11) is 0. The van der Waals surface area contributed by atoms with Crippen LogP contribution in [0.2, 0.25) is 0 Å². The Bertz CT molecular complexity index is 640. The SMILES string of the molecule is CC1(CC(CO[N+](=O)[O-])O[N+](=O)[O-])C=C2CC3(C)CC(CCN)(CC23)C1. The number of hydrogen-bond acceptors (Lipinski definition) is 7. The van der Waals surface area contributed by atoms with Gasteiger partial charge >= 0.3 is 0 Å². The van der Waals surface area contributed by atoms with Gasteiger partial charge in [0.25, 0.3) is 10.2 Å². The smallest absolute Gasteiger partial charge is 0.294 e. The predicted molar refractivity (Wildman–Crippen MR) is 91.8 cm³/mol. The molecule has 3 aliphatic carbocycles. The summed E-state index contributed by atoms with van der Waals surface area (Å²) in [5.41, 5.74) is 7.47. The molecule has 0 amide bonds. The number of fused-ring (bicyclic) bond motifs is 1. The van der Waals surface area contributed by atoms with Crippen molar-refractivity contribution in [3.05, 3.63) is 31.9 Å². The molecule has 0 heterocycles. The van der Waals surface area contributed by atoms with Crippen LogP contribution < -0.4 is 5.73 Å². The first-order valence-electron chi connectivity index (χ1n) is 9.09. The number of nitrogens with two attached hydrogens (primary N) is 1. The maximum Gasteiger partial charge on any atom is 0.294 e. The molecule has 0 aromatic carbocycles. The highest BCUT2D eigenvalue weighted by molar-refractivity contribution is 5.33. The van der Waals surface area contributed by atoms with Crippen LogP contribution in [0.5, 0.6) is 0 Å². The zero-order valence-electron chi connectivity index (χ0n) is 15.3. The van der Waals surface area contributed by atoms with Crippen LogP contribution in [0.4, 0.5) is 0 Å². The number of hydrogen-bond donors (Lipinski definition) is 1. The van der Waals surface area contributed by atoms with E-state index in [1.807, 2.05) is 0 Å². The number of rotatable bonds is 9. The van der Waals surface area contributed by atoms with Crippen molar-refractivity contribution in [1.82, 2.24) is 0 Å². The lowest BCUT2D eigenvalue weighted by atomic mass is 9.56. The van der Waals surface area contributed by atoms with Crippen LogP contribution >= 0.6 is 0 Å². The van der Waals surface area contributed by atoms with Gasteiger partial charge in [-0.3, -0.25) is 0 Å². The Balaban J connectivity index is 1.81. The second-order valence-electron chi connectivity index (χ2n) is 9.03. The molecule has 0 spiro atoms. The van der Waals surface area contributed by atoms with Gasteiger partial charge in [0.2, 0.25) is 0 Å². The van der Waals surface area contributed by atoms with E-state index in [-0.39, 0.29) is 10.8 Å². The van der Waals surface area contributed by atoms with Crippen molar-refractivity contribution in [3.8, 4) is 0 Å². The second kappa shape index (κ2) is 6.37. The Kier molecular flexibility index (Phi) is 4.62. The Morgan fingerprint density at radius 2 is 2.04 bits per heavy atom. The van der Waals surface area contributed by atoms with E-state index < -0.39 is 22.9 Å². The second-order valence-corrected chi connectivity index (χ2v) is 9.03. The van der Waals surface area contributed by atoms with Gasteiger partial charge in [0, 0.05) is 0 Å². The molecule has 0 aliphatic heterocycles. The molecule has 2 bridgehead atoms. The van der Waals surface area contributed by atoms with Gasteiger partial charge in [-0.05, 0) is 67.2 Å². The van der Waals surface area contributed by atoms with E-state index in [4.69, 9.17) is 5.73 Å². The summed E-state index contributed by atoms with van der Waals surface area (Å²) < 4.78 is 0. The lowest BCUT2D eigenvalue weighted by Crippen LogP contribution is -2.40. The highest BCUT2D eigenvalue weighted by atomic mass is 17.0. The van der Waals surface area contributed by atoms with Crippen LogP contribution in [-0.4, -0.2) is 29.4 Å². The number of nitrogens with zero attached hydrogens (tertiary/aromatic N) is 2. The lowest BCUT2D eigenvalue weighted by Gasteiger charge is -2.49. The van der Waals surface area contributed by atoms with Crippen LogP contribution in [0.15, 0.2) is 11.6 Å². The first-order chi connectivity index (χ1) is 12.1. The lowest BCUT2D eigenvalue weighted by molar-refractivity contribution is -0.790. The fraction of sp³-hybridized carbons (Fsp3) is 0.882. The first-order valence-corrected chi connectivity index (χ1v) is 9.09. The van der Waals surface area contributed by atoms with Gasteiger partial charge in [0.1, 0.15) is 12.7 Å². The Morgan fingerprint density at radius 1 is 1.31 bits per heavy atom. The topological polar surface area (TPSA) is 131 Å². The van der Waals surface area contributed by atoms with Gasteiger partial charge in [-0.1, -0.05) is 25.5 Å². The van der Waals surface area contributed by atoms with Crippen molar-refractivity contribution in [1.29, 1.82) is 0 Å². The van der Waals surface area contributed by atoms with E-state index >= 15 is 0 Å². The molecular weight excluding hydrogens is 342 g/mol. The first kappa shape index (κ1) is 18.9. The minimum Gasteiger partial charge on any atom is -0.330 e. The molecule has 0 saturated heterocycles. The van der Waals surface area contributed by atoms with Crippen molar-refractivity contribution in [2.24, 2.45) is 27.9 Å². The summed E-state index contributed by atoms with van der Waals surface area (Å²) in [4.78, 5) is 30.3. The van der Waals surface area contributed by atoms with Crippen molar-refractivity contribution in [2.75, 3.05) is 13.2 Å². The molecule has 9 nitrogen and oxygen atoms in total. The summed E-state index contributed by atoms with van der Waals surface area (Å²) in [5, 5.41) is 19.4. The van der Waals surface area contributed by atoms with Crippen LogP contribution in [0.1, 0.15) is 52.4 Å². The minimum atomic E-state index is -0.977. The summed E-state index contributed by atoms with van der Waals surface area (Å²) >= 11 is 0. The molecule has 2 N–H and O–H groups in total. The maximum atomic E-state index is 10.8. The third-order valence-corrected chi connectivity index (χ3v) is 6.60. The minimum absolute atomic E-state index is 0.126. The predicted octanol–water partition coefficient (Wildman–Crippen LogP) is 2.65. The molecule has 5 atom stereocenters. The van der Waals surface area contributed by atoms with Crippen LogP contribution in [0, 0.1) is 42.4 Å². The van der Waals surface area contributed by atoms with Crippen LogP contribution in [-0.2, 0) is 9.68 Å². The van der Waals surface area contributed by atoms with Gasteiger partial charge in [-0.2, -0.15) is 0 Å². The van der Waals surface area contributed by atoms with E-state index in [1.54, 1.807) is 0 Å². The zero-order valence-corrected chi connectivity index (χ0v) is 15.3. The average Bonchev–Trinajstić information content (AvgIpc) is 2.63. The van der Waals surface area contributed by atoms with E-state index in [0.29, 0.717) is 24.3 Å². The van der Waals surface area contributed by atoms with E-state index in [1.165, 1.54) is 5.57 Å². The standard InChI is InChI=1S/C17H27N3O6/c1-15(7-13(26-20(23)24)9-25-19(21)22)5-12-6-16(2)11-17(10-15,3-4-18)8-14(12)16/h5,13-14H,3-4,6-11,18H2,1-2H3. The molecule has 3 rings (SSSR count). The molecule has 0 aromatic heterocycles. The molecule has 26 heavy (non-hydrogen) atoms. The van der Waals surface area contributed by atoms with Crippen molar-refractivity contribution >= 4 is 0 Å². The molecular formula is C17H27N3O6. The summed E-state index contributed by atoms with van der Waals surface area (Å²) in [6, 6.07) is 0. The zero-order chi connectivity index (χ0) is 19.2. The molecule has 9 heteroatoms. The van der Waals surface area contributed by atoms with Gasteiger partial charge in [-0.25, -0.2) is 0 Å². The third-order valence-electron chi connectivity index (χ3n) is 6.60. The van der Waals surface area contributed by atoms with E-state index in [0.717, 1.165) is 32.1 Å². The Morgan fingerprint density at radius 3 is 2.65 bits per heavy atom. The van der Waals surface area contributed by atoms with Crippen LogP contribution in [0.25, 0.3) is 0 Å². The normalized spacial score (nSPS) is 38.6. The maximum absolute atomic E-state index is 10.8. The van der Waals surface area contributed by atoms with E-state index in [2.05, 4.69) is 29.6 Å². The molecule has 3 aliphatic rings. The Labute approximate surface area is 152 Å². The Hall–Kier alpha value is -1.90. The van der Waals surface area contributed by atoms with Gasteiger partial charge in [0.15, 0.2) is 0 Å². The van der Waals surface area contributed by atoms with Crippen molar-refractivity contribution in [2.45, 2.75) is 58.5 Å². The summed E-state index contributed by atoms with van der Waals surface area (Å²) in [6.45, 7) is 4.59. The van der Waals surface area contributed by atoms with Crippen LogP contribution in [0.3, 0.4) is 0 Å². The van der Waals surface area contributed by atoms with Crippen molar-refractivity contribution in [3.63, 3.8) is 0 Å². The molecule has 5 unspecified atom stereocenters. The molecule has 2 saturated carbocycles. The fourth-order valence-electron chi connectivity index (χ4n) is 6.22. The van der Waals surface area contributed by atoms with Gasteiger partial charge < -0.3 is 15.4 Å². The molecule has 0 aromatic rings.